The van der Waals surface area contributed by atoms with Crippen molar-refractivity contribution in [1.29, 1.82) is 0 Å². The minimum Gasteiger partial charge on any atom is -0.394 e. The van der Waals surface area contributed by atoms with E-state index in [0.717, 1.165) is 5.56 Å². The van der Waals surface area contributed by atoms with Gasteiger partial charge in [-0.2, -0.15) is 4.98 Å². The Kier molecular flexibility index (Phi) is 7.12. The average molecular weight is 500 g/mol. The van der Waals surface area contributed by atoms with E-state index in [4.69, 9.17) is 23.2 Å². The number of aliphatic hydroxyl groups is 1. The molecule has 2 aromatic carbocycles. The van der Waals surface area contributed by atoms with Crippen LogP contribution in [0.15, 0.2) is 67.1 Å². The largest absolute Gasteiger partial charge is 0.394 e. The SMILES string of the molecule is Cc1cnc(Nc2ccc(F)cc2Cl)nc1-n1ccc(C(=O)N[C@H](CO)c2cccc(Cl)c2)c1. The third-order valence-electron chi connectivity index (χ3n) is 5.06. The van der Waals surface area contributed by atoms with Crippen LogP contribution in [0, 0.1) is 12.7 Å². The quantitative estimate of drug-likeness (QED) is 0.323. The second-order valence-electron chi connectivity index (χ2n) is 7.52. The van der Waals surface area contributed by atoms with Crippen LogP contribution in [0.25, 0.3) is 5.82 Å². The summed E-state index contributed by atoms with van der Waals surface area (Å²) in [6, 6.07) is 12.0. The second kappa shape index (κ2) is 10.2. The molecule has 0 radical (unpaired) electrons. The molecule has 10 heteroatoms. The number of halogens is 3. The Labute approximate surface area is 205 Å². The lowest BCUT2D eigenvalue weighted by molar-refractivity contribution is 0.0916. The van der Waals surface area contributed by atoms with E-state index >= 15 is 0 Å². The van der Waals surface area contributed by atoms with Gasteiger partial charge in [-0.25, -0.2) is 9.37 Å². The maximum Gasteiger partial charge on any atom is 0.253 e. The lowest BCUT2D eigenvalue weighted by Crippen LogP contribution is -2.30. The van der Waals surface area contributed by atoms with E-state index in [0.29, 0.717) is 27.7 Å². The molecule has 2 aromatic heterocycles. The van der Waals surface area contributed by atoms with Crippen molar-refractivity contribution in [3.8, 4) is 5.82 Å². The highest BCUT2D eigenvalue weighted by atomic mass is 35.5. The van der Waals surface area contributed by atoms with E-state index in [1.165, 1.54) is 18.2 Å². The predicted molar refractivity (Wildman–Crippen MR) is 130 cm³/mol. The van der Waals surface area contributed by atoms with Crippen LogP contribution in [0.2, 0.25) is 10.0 Å². The average Bonchev–Trinajstić information content (AvgIpc) is 3.30. The highest BCUT2D eigenvalue weighted by Crippen LogP contribution is 2.25. The van der Waals surface area contributed by atoms with E-state index in [2.05, 4.69) is 20.6 Å². The minimum atomic E-state index is -0.605. The molecule has 0 spiro atoms. The highest BCUT2D eigenvalue weighted by molar-refractivity contribution is 6.33. The van der Waals surface area contributed by atoms with E-state index < -0.39 is 11.9 Å². The summed E-state index contributed by atoms with van der Waals surface area (Å²) in [6.07, 6.45) is 4.96. The molecule has 2 heterocycles. The molecule has 0 aliphatic rings. The van der Waals surface area contributed by atoms with Crippen LogP contribution in [0.4, 0.5) is 16.0 Å². The molecule has 7 nitrogen and oxygen atoms in total. The van der Waals surface area contributed by atoms with Gasteiger partial charge in [0.25, 0.3) is 5.91 Å². The van der Waals surface area contributed by atoms with Crippen LogP contribution in [-0.4, -0.2) is 32.2 Å². The number of benzene rings is 2. The van der Waals surface area contributed by atoms with Gasteiger partial charge in [0.2, 0.25) is 5.95 Å². The fourth-order valence-corrected chi connectivity index (χ4v) is 3.74. The molecule has 0 saturated carbocycles. The van der Waals surface area contributed by atoms with Gasteiger partial charge in [0, 0.05) is 29.2 Å². The standard InChI is InChI=1S/C24H20Cl2FN5O2/c1-14-11-28-24(30-20-6-5-18(27)10-19(20)26)31-22(14)32-8-7-16(12-32)23(34)29-21(13-33)15-3-2-4-17(25)9-15/h2-12,21,33H,13H2,1H3,(H,29,34)(H,28,30,31)/t21-/m1/s1. The van der Waals surface area contributed by atoms with Crippen molar-refractivity contribution in [2.45, 2.75) is 13.0 Å². The van der Waals surface area contributed by atoms with E-state index in [-0.39, 0.29) is 23.5 Å². The number of hydrogen-bond acceptors (Lipinski definition) is 5. The topological polar surface area (TPSA) is 92.1 Å². The predicted octanol–water partition coefficient (Wildman–Crippen LogP) is 5.23. The Morgan fingerprint density at radius 3 is 2.76 bits per heavy atom. The number of aromatic nitrogens is 3. The van der Waals surface area contributed by atoms with E-state index in [1.54, 1.807) is 53.5 Å². The molecule has 1 atom stereocenters. The zero-order valence-corrected chi connectivity index (χ0v) is 19.5. The van der Waals surface area contributed by atoms with Crippen molar-refractivity contribution in [3.63, 3.8) is 0 Å². The number of carbonyl (C=O) groups excluding carboxylic acids is 1. The molecule has 0 unspecified atom stereocenters. The number of hydrogen-bond donors (Lipinski definition) is 3. The number of nitrogens with zero attached hydrogens (tertiary/aromatic N) is 3. The van der Waals surface area contributed by atoms with Gasteiger partial charge in [0.05, 0.1) is 28.9 Å². The summed E-state index contributed by atoms with van der Waals surface area (Å²) in [4.78, 5) is 21.6. The first-order valence-corrected chi connectivity index (χ1v) is 11.0. The number of rotatable bonds is 7. The number of carbonyl (C=O) groups is 1. The Morgan fingerprint density at radius 2 is 2.03 bits per heavy atom. The molecule has 4 rings (SSSR count). The molecule has 1 amide bonds. The maximum atomic E-state index is 13.3. The Bertz CT molecular complexity index is 1340. The van der Waals surface area contributed by atoms with Gasteiger partial charge < -0.3 is 20.3 Å². The van der Waals surface area contributed by atoms with E-state index in [9.17, 15) is 14.3 Å². The highest BCUT2D eigenvalue weighted by Gasteiger charge is 2.17. The van der Waals surface area contributed by atoms with Gasteiger partial charge in [-0.1, -0.05) is 35.3 Å². The smallest absolute Gasteiger partial charge is 0.253 e. The minimum absolute atomic E-state index is 0.198. The summed E-state index contributed by atoms with van der Waals surface area (Å²) < 4.78 is 15.0. The molecular weight excluding hydrogens is 480 g/mol. The molecular formula is C24H20Cl2FN5O2. The summed E-state index contributed by atoms with van der Waals surface area (Å²) in [6.45, 7) is 1.56. The molecule has 0 fully saturated rings. The van der Waals surface area contributed by atoms with Crippen molar-refractivity contribution >= 4 is 40.7 Å². The fourth-order valence-electron chi connectivity index (χ4n) is 3.33. The van der Waals surface area contributed by atoms with Crippen molar-refractivity contribution in [3.05, 3.63) is 99.7 Å². The Hall–Kier alpha value is -3.46. The van der Waals surface area contributed by atoms with Crippen molar-refractivity contribution in [1.82, 2.24) is 19.9 Å². The van der Waals surface area contributed by atoms with Crippen molar-refractivity contribution in [2.24, 2.45) is 0 Å². The number of aryl methyl sites for hydroxylation is 1. The second-order valence-corrected chi connectivity index (χ2v) is 8.36. The van der Waals surface area contributed by atoms with Crippen molar-refractivity contribution < 1.29 is 14.3 Å². The zero-order valence-electron chi connectivity index (χ0n) is 18.0. The third-order valence-corrected chi connectivity index (χ3v) is 5.61. The lowest BCUT2D eigenvalue weighted by Gasteiger charge is -2.16. The van der Waals surface area contributed by atoms with Crippen LogP contribution >= 0.6 is 23.2 Å². The first kappa shape index (κ1) is 23.7. The molecule has 174 valence electrons. The molecule has 0 aliphatic heterocycles. The van der Waals surface area contributed by atoms with Crippen molar-refractivity contribution in [2.75, 3.05) is 11.9 Å². The molecule has 0 saturated heterocycles. The number of nitrogens with one attached hydrogen (secondary N) is 2. The molecule has 3 N–H and O–H groups in total. The molecule has 0 bridgehead atoms. The summed E-state index contributed by atoms with van der Waals surface area (Å²) in [5, 5.41) is 16.2. The first-order chi connectivity index (χ1) is 16.3. The Balaban J connectivity index is 1.54. The third kappa shape index (κ3) is 5.36. The van der Waals surface area contributed by atoms with Crippen LogP contribution in [0.3, 0.4) is 0 Å². The van der Waals surface area contributed by atoms with Gasteiger partial charge in [-0.05, 0) is 48.9 Å². The van der Waals surface area contributed by atoms with Gasteiger partial charge in [0.15, 0.2) is 0 Å². The van der Waals surface area contributed by atoms with Gasteiger partial charge in [0.1, 0.15) is 11.6 Å². The van der Waals surface area contributed by atoms with Crippen LogP contribution < -0.4 is 10.6 Å². The number of anilines is 2. The number of amides is 1. The number of aliphatic hydroxyl groups excluding tert-OH is 1. The fraction of sp³-hybridized carbons (Fsp3) is 0.125. The van der Waals surface area contributed by atoms with Crippen LogP contribution in [0.1, 0.15) is 27.5 Å². The van der Waals surface area contributed by atoms with Gasteiger partial charge in [-0.15, -0.1) is 0 Å². The lowest BCUT2D eigenvalue weighted by atomic mass is 10.1. The van der Waals surface area contributed by atoms with Crippen LogP contribution in [-0.2, 0) is 0 Å². The summed E-state index contributed by atoms with van der Waals surface area (Å²) in [5.74, 6) is -0.00243. The van der Waals surface area contributed by atoms with Gasteiger partial charge >= 0.3 is 0 Å². The maximum absolute atomic E-state index is 13.3. The summed E-state index contributed by atoms with van der Waals surface area (Å²) >= 11 is 12.1. The Morgan fingerprint density at radius 1 is 1.21 bits per heavy atom. The summed E-state index contributed by atoms with van der Waals surface area (Å²) in [5.41, 5.74) is 2.31. The first-order valence-electron chi connectivity index (χ1n) is 10.3. The van der Waals surface area contributed by atoms with E-state index in [1.807, 2.05) is 6.92 Å². The van der Waals surface area contributed by atoms with Crippen LogP contribution in [0.5, 0.6) is 0 Å². The molecule has 4 aromatic rings. The molecule has 0 aliphatic carbocycles. The summed E-state index contributed by atoms with van der Waals surface area (Å²) in [7, 11) is 0. The zero-order chi connectivity index (χ0) is 24.2. The van der Waals surface area contributed by atoms with Gasteiger partial charge in [-0.3, -0.25) is 4.79 Å². The monoisotopic (exact) mass is 499 g/mol. The normalized spacial score (nSPS) is 11.8. The molecule has 34 heavy (non-hydrogen) atoms.